The van der Waals surface area contributed by atoms with E-state index >= 15 is 0 Å². The fourth-order valence-corrected chi connectivity index (χ4v) is 1.72. The van der Waals surface area contributed by atoms with Gasteiger partial charge in [-0.1, -0.05) is 53.7 Å². The molecule has 1 rings (SSSR count). The van der Waals surface area contributed by atoms with Gasteiger partial charge in [-0.15, -0.1) is 0 Å². The first-order valence-corrected chi connectivity index (χ1v) is 5.85. The van der Waals surface area contributed by atoms with Crippen molar-refractivity contribution in [2.45, 2.75) is 52.4 Å². The van der Waals surface area contributed by atoms with Crippen LogP contribution in [0.25, 0.3) is 0 Å². The molecule has 1 aromatic rings. The van der Waals surface area contributed by atoms with Crippen molar-refractivity contribution in [2.24, 2.45) is 0 Å². The third-order valence-electron chi connectivity index (χ3n) is 2.81. The third kappa shape index (κ3) is 3.32. The average Bonchev–Trinajstić information content (AvgIpc) is 2.15. The Balaban J connectivity index is 3.34. The van der Waals surface area contributed by atoms with Gasteiger partial charge in [-0.3, -0.25) is 0 Å². The van der Waals surface area contributed by atoms with E-state index in [-0.39, 0.29) is 10.8 Å². The summed E-state index contributed by atoms with van der Waals surface area (Å²) in [5.41, 5.74) is 2.30. The van der Waals surface area contributed by atoms with Gasteiger partial charge in [-0.2, -0.15) is 0 Å². The molecule has 17 heavy (non-hydrogen) atoms. The molecule has 2 nitrogen and oxygen atoms in total. The number of benzene rings is 1. The number of carbonyl (C=O) groups excluding carboxylic acids is 1. The van der Waals surface area contributed by atoms with Gasteiger partial charge >= 0.3 is 6.47 Å². The first-order chi connectivity index (χ1) is 7.66. The number of hydrogen-bond acceptors (Lipinski definition) is 2. The van der Waals surface area contributed by atoms with Gasteiger partial charge in [0.05, 0.1) is 0 Å². The van der Waals surface area contributed by atoms with Crippen molar-refractivity contribution >= 4 is 6.47 Å². The maximum Gasteiger partial charge on any atom is 0.423 e. The summed E-state index contributed by atoms with van der Waals surface area (Å²) in [5.74, 6) is 0.598. The van der Waals surface area contributed by atoms with Crippen molar-refractivity contribution in [3.05, 3.63) is 29.3 Å². The topological polar surface area (TPSA) is 26.3 Å². The Labute approximate surface area is 104 Å². The second kappa shape index (κ2) is 4.52. The fraction of sp³-hybridized carbons (Fsp3) is 0.533. The van der Waals surface area contributed by atoms with E-state index in [1.165, 1.54) is 12.0 Å². The lowest BCUT2D eigenvalue weighted by Gasteiger charge is -2.26. The molecule has 0 unspecified atom stereocenters. The molecule has 0 saturated heterocycles. The van der Waals surface area contributed by atoms with Crippen LogP contribution in [0.5, 0.6) is 5.75 Å². The van der Waals surface area contributed by atoms with Gasteiger partial charge in [-0.05, 0) is 22.5 Å². The van der Waals surface area contributed by atoms with E-state index in [2.05, 4.69) is 47.6 Å². The third-order valence-corrected chi connectivity index (χ3v) is 2.81. The van der Waals surface area contributed by atoms with Crippen molar-refractivity contribution in [3.63, 3.8) is 0 Å². The van der Waals surface area contributed by atoms with E-state index in [0.717, 1.165) is 5.56 Å². The highest BCUT2D eigenvalue weighted by Crippen LogP contribution is 2.35. The van der Waals surface area contributed by atoms with Crippen LogP contribution in [-0.2, 0) is 15.6 Å². The minimum Gasteiger partial charge on any atom is -0.418 e. The van der Waals surface area contributed by atoms with Crippen LogP contribution >= 0.6 is 0 Å². The van der Waals surface area contributed by atoms with Gasteiger partial charge in [0.25, 0.3) is 0 Å². The van der Waals surface area contributed by atoms with E-state index in [9.17, 15) is 4.79 Å². The van der Waals surface area contributed by atoms with E-state index < -0.39 is 0 Å². The van der Waals surface area contributed by atoms with Gasteiger partial charge in [0.1, 0.15) is 5.75 Å². The predicted octanol–water partition coefficient (Wildman–Crippen LogP) is 3.73. The Morgan fingerprint density at radius 1 is 1.00 bits per heavy atom. The van der Waals surface area contributed by atoms with E-state index in [4.69, 9.17) is 4.74 Å². The summed E-state index contributed by atoms with van der Waals surface area (Å²) in [5, 5.41) is 0. The lowest BCUT2D eigenvalue weighted by molar-refractivity contribution is 0.430. The van der Waals surface area contributed by atoms with Gasteiger partial charge in [0.2, 0.25) is 0 Å². The van der Waals surface area contributed by atoms with E-state index in [0.29, 0.717) is 5.75 Å². The Kier molecular flexibility index (Phi) is 3.65. The maximum absolute atomic E-state index is 10.4. The Morgan fingerprint density at radius 2 is 1.59 bits per heavy atom. The fourth-order valence-electron chi connectivity index (χ4n) is 1.72. The summed E-state index contributed by atoms with van der Waals surface area (Å²) in [7, 11) is 0. The maximum atomic E-state index is 10.4. The first kappa shape index (κ1) is 13.8. The number of hydrogen-bond donors (Lipinski definition) is 0. The monoisotopic (exact) mass is 233 g/mol. The van der Waals surface area contributed by atoms with Crippen LogP contribution in [0, 0.1) is 0 Å². The lowest BCUT2D eigenvalue weighted by atomic mass is 9.80. The summed E-state index contributed by atoms with van der Waals surface area (Å²) in [6.07, 6.45) is 0. The van der Waals surface area contributed by atoms with Crippen LogP contribution in [0.4, 0.5) is 0 Å². The molecule has 0 heterocycles. The average molecular weight is 233 g/mol. The molecule has 0 bridgehead atoms. The highest BCUT2D eigenvalue weighted by atomic mass is 16.5. The SMILES string of the molecule is CC(C)(C)c1ccc(O[C]=O)c(C(C)(C)C)c1. The molecule has 0 aliphatic rings. The predicted molar refractivity (Wildman–Crippen MR) is 70.2 cm³/mol. The van der Waals surface area contributed by atoms with Crippen molar-refractivity contribution in [1.82, 2.24) is 0 Å². The van der Waals surface area contributed by atoms with Crippen LogP contribution in [0.2, 0.25) is 0 Å². The molecule has 0 atom stereocenters. The minimum atomic E-state index is -0.0621. The molecule has 2 heteroatoms. The zero-order valence-electron chi connectivity index (χ0n) is 11.5. The van der Waals surface area contributed by atoms with Crippen LogP contribution in [0.1, 0.15) is 52.7 Å². The summed E-state index contributed by atoms with van der Waals surface area (Å²) in [4.78, 5) is 10.4. The first-order valence-electron chi connectivity index (χ1n) is 5.85. The Hall–Kier alpha value is -1.31. The highest BCUT2D eigenvalue weighted by Gasteiger charge is 2.23. The molecule has 0 amide bonds. The van der Waals surface area contributed by atoms with Crippen molar-refractivity contribution in [1.29, 1.82) is 0 Å². The number of rotatable bonds is 2. The second-order valence-electron chi connectivity index (χ2n) is 6.40. The Bertz CT molecular complexity index is 406. The van der Waals surface area contributed by atoms with Gasteiger partial charge in [0.15, 0.2) is 0 Å². The minimum absolute atomic E-state index is 0.0621. The molecule has 0 saturated carbocycles. The molecule has 0 aromatic heterocycles. The van der Waals surface area contributed by atoms with Gasteiger partial charge in [0, 0.05) is 5.56 Å². The van der Waals surface area contributed by atoms with Crippen LogP contribution in [0.15, 0.2) is 18.2 Å². The summed E-state index contributed by atoms with van der Waals surface area (Å²) < 4.78 is 4.93. The molecule has 93 valence electrons. The van der Waals surface area contributed by atoms with Gasteiger partial charge in [-0.25, -0.2) is 4.79 Å². The van der Waals surface area contributed by atoms with Crippen LogP contribution < -0.4 is 4.74 Å². The summed E-state index contributed by atoms with van der Waals surface area (Å²) in [6.45, 7) is 14.3. The van der Waals surface area contributed by atoms with Crippen LogP contribution in [0.3, 0.4) is 0 Å². The molecular weight excluding hydrogens is 212 g/mol. The highest BCUT2D eigenvalue weighted by molar-refractivity contribution is 5.51. The smallest absolute Gasteiger partial charge is 0.418 e. The zero-order valence-corrected chi connectivity index (χ0v) is 11.5. The van der Waals surface area contributed by atoms with Crippen molar-refractivity contribution in [3.8, 4) is 5.75 Å². The Morgan fingerprint density at radius 3 is 2.00 bits per heavy atom. The molecule has 0 spiro atoms. The summed E-state index contributed by atoms with van der Waals surface area (Å²) >= 11 is 0. The van der Waals surface area contributed by atoms with E-state index in [1.807, 2.05) is 12.1 Å². The number of ether oxygens (including phenoxy) is 1. The standard InChI is InChI=1S/C15H21O2/c1-14(2,3)11-7-8-13(17-10-16)12(9-11)15(4,5)6/h7-9H,1-6H3. The van der Waals surface area contributed by atoms with Crippen molar-refractivity contribution < 1.29 is 9.53 Å². The molecule has 0 N–H and O–H groups in total. The van der Waals surface area contributed by atoms with Gasteiger partial charge < -0.3 is 4.74 Å². The normalized spacial score (nSPS) is 12.4. The quantitative estimate of drug-likeness (QED) is 0.778. The molecule has 1 radical (unpaired) electrons. The second-order valence-corrected chi connectivity index (χ2v) is 6.40. The molecular formula is C15H21O2. The summed E-state index contributed by atoms with van der Waals surface area (Å²) in [6, 6.07) is 5.97. The lowest BCUT2D eigenvalue weighted by Crippen LogP contribution is -2.17. The van der Waals surface area contributed by atoms with Crippen molar-refractivity contribution in [2.75, 3.05) is 0 Å². The molecule has 1 aromatic carbocycles. The molecule has 0 fully saturated rings. The molecule has 0 aliphatic heterocycles. The zero-order chi connectivity index (χ0) is 13.3. The van der Waals surface area contributed by atoms with E-state index in [1.54, 1.807) is 0 Å². The largest absolute Gasteiger partial charge is 0.423 e. The molecule has 0 aliphatic carbocycles. The van der Waals surface area contributed by atoms with Crippen LogP contribution in [-0.4, -0.2) is 6.47 Å².